The molecule has 0 radical (unpaired) electrons. The van der Waals surface area contributed by atoms with E-state index in [1.807, 2.05) is 0 Å². The molecule has 3 heteroatoms. The lowest BCUT2D eigenvalue weighted by Gasteiger charge is -2.41. The Hall–Kier alpha value is -0.380. The van der Waals surface area contributed by atoms with Gasteiger partial charge in [0.15, 0.2) is 0 Å². The predicted molar refractivity (Wildman–Crippen MR) is 87.7 cm³/mol. The normalized spacial score (nSPS) is 13.8. The number of benzene rings is 1. The molecule has 1 unspecified atom stereocenters. The van der Waals surface area contributed by atoms with E-state index < -0.39 is 0 Å². The molecule has 0 aliphatic carbocycles. The Labute approximate surface area is 126 Å². The molecular weight excluding hydrogens is 300 g/mol. The molecule has 0 bridgehead atoms. The molecule has 0 fully saturated rings. The van der Waals surface area contributed by atoms with E-state index in [0.717, 1.165) is 17.4 Å². The zero-order chi connectivity index (χ0) is 14.5. The molecule has 0 saturated heterocycles. The average Bonchev–Trinajstić information content (AvgIpc) is 2.34. The second-order valence-electron chi connectivity index (χ2n) is 5.89. The predicted octanol–water partition coefficient (Wildman–Crippen LogP) is 3.70. The van der Waals surface area contributed by atoms with E-state index in [1.54, 1.807) is 0 Å². The van der Waals surface area contributed by atoms with Crippen LogP contribution < -0.4 is 5.32 Å². The van der Waals surface area contributed by atoms with Gasteiger partial charge in [0.05, 0.1) is 0 Å². The maximum absolute atomic E-state index is 3.70. The van der Waals surface area contributed by atoms with Crippen molar-refractivity contribution < 1.29 is 0 Å². The molecule has 0 saturated carbocycles. The number of likely N-dealkylation sites (N-methyl/N-ethyl adjacent to an activating group) is 1. The number of halogens is 1. The molecular formula is C16H27BrN2. The van der Waals surface area contributed by atoms with E-state index in [0.29, 0.717) is 6.04 Å². The van der Waals surface area contributed by atoms with Gasteiger partial charge in [0.2, 0.25) is 0 Å². The highest BCUT2D eigenvalue weighted by molar-refractivity contribution is 9.10. The maximum atomic E-state index is 3.70. The van der Waals surface area contributed by atoms with Crippen LogP contribution in [0.15, 0.2) is 28.7 Å². The van der Waals surface area contributed by atoms with Crippen LogP contribution in [-0.2, 0) is 6.42 Å². The lowest BCUT2D eigenvalue weighted by Crippen LogP contribution is -2.56. The van der Waals surface area contributed by atoms with E-state index >= 15 is 0 Å². The molecule has 0 spiro atoms. The van der Waals surface area contributed by atoms with Crippen LogP contribution in [-0.4, -0.2) is 37.1 Å². The molecule has 0 aliphatic rings. The molecule has 1 aromatic rings. The fraction of sp³-hybridized carbons (Fsp3) is 0.625. The topological polar surface area (TPSA) is 15.3 Å². The number of rotatable bonds is 7. The highest BCUT2D eigenvalue weighted by Crippen LogP contribution is 2.21. The SMILES string of the molecule is CCCNC(Cc1cccc(Br)c1)C(C)(C)N(C)C. The summed E-state index contributed by atoms with van der Waals surface area (Å²) in [6, 6.07) is 9.05. The van der Waals surface area contributed by atoms with Gasteiger partial charge in [-0.25, -0.2) is 0 Å². The van der Waals surface area contributed by atoms with Gasteiger partial charge >= 0.3 is 0 Å². The van der Waals surface area contributed by atoms with Crippen LogP contribution in [0.2, 0.25) is 0 Å². The van der Waals surface area contributed by atoms with Crippen LogP contribution in [0.1, 0.15) is 32.8 Å². The summed E-state index contributed by atoms with van der Waals surface area (Å²) in [5, 5.41) is 3.70. The molecule has 1 N–H and O–H groups in total. The first-order valence-electron chi connectivity index (χ1n) is 7.03. The Morgan fingerprint density at radius 3 is 2.53 bits per heavy atom. The highest BCUT2D eigenvalue weighted by Gasteiger charge is 2.31. The van der Waals surface area contributed by atoms with E-state index in [4.69, 9.17) is 0 Å². The Bertz CT molecular complexity index is 388. The lowest BCUT2D eigenvalue weighted by molar-refractivity contribution is 0.137. The van der Waals surface area contributed by atoms with Crippen LogP contribution in [0.4, 0.5) is 0 Å². The minimum absolute atomic E-state index is 0.123. The van der Waals surface area contributed by atoms with Crippen molar-refractivity contribution in [2.75, 3.05) is 20.6 Å². The fourth-order valence-electron chi connectivity index (χ4n) is 2.10. The van der Waals surface area contributed by atoms with Crippen LogP contribution >= 0.6 is 15.9 Å². The molecule has 1 aromatic carbocycles. The van der Waals surface area contributed by atoms with Gasteiger partial charge in [-0.2, -0.15) is 0 Å². The van der Waals surface area contributed by atoms with Crippen LogP contribution in [0, 0.1) is 0 Å². The summed E-state index contributed by atoms with van der Waals surface area (Å²) in [6.07, 6.45) is 2.21. The fourth-order valence-corrected chi connectivity index (χ4v) is 2.55. The van der Waals surface area contributed by atoms with Crippen molar-refractivity contribution in [1.82, 2.24) is 10.2 Å². The summed E-state index contributed by atoms with van der Waals surface area (Å²) in [6.45, 7) is 7.89. The van der Waals surface area contributed by atoms with Gasteiger partial charge < -0.3 is 10.2 Å². The van der Waals surface area contributed by atoms with Gasteiger partial charge in [0.25, 0.3) is 0 Å². The highest BCUT2D eigenvalue weighted by atomic mass is 79.9. The van der Waals surface area contributed by atoms with Crippen LogP contribution in [0.3, 0.4) is 0 Å². The Morgan fingerprint density at radius 2 is 2.00 bits per heavy atom. The molecule has 1 rings (SSSR count). The Kier molecular flexibility index (Phi) is 6.51. The van der Waals surface area contributed by atoms with E-state index in [1.165, 1.54) is 12.0 Å². The lowest BCUT2D eigenvalue weighted by atomic mass is 9.88. The number of hydrogen-bond donors (Lipinski definition) is 1. The molecule has 19 heavy (non-hydrogen) atoms. The van der Waals surface area contributed by atoms with E-state index in [-0.39, 0.29) is 5.54 Å². The molecule has 0 heterocycles. The van der Waals surface area contributed by atoms with Crippen molar-refractivity contribution in [2.45, 2.75) is 45.2 Å². The Balaban J connectivity index is 2.85. The summed E-state index contributed by atoms with van der Waals surface area (Å²) in [4.78, 5) is 2.30. The summed E-state index contributed by atoms with van der Waals surface area (Å²) in [5.41, 5.74) is 1.50. The van der Waals surface area contributed by atoms with Crippen molar-refractivity contribution in [2.24, 2.45) is 0 Å². The molecule has 1 atom stereocenters. The van der Waals surface area contributed by atoms with Gasteiger partial charge in [0.1, 0.15) is 0 Å². The van der Waals surface area contributed by atoms with E-state index in [2.05, 4.69) is 85.3 Å². The van der Waals surface area contributed by atoms with E-state index in [9.17, 15) is 0 Å². The van der Waals surface area contributed by atoms with Gasteiger partial charge in [-0.05, 0) is 65.0 Å². The first-order valence-corrected chi connectivity index (χ1v) is 7.82. The molecule has 0 aromatic heterocycles. The van der Waals surface area contributed by atoms with Crippen molar-refractivity contribution in [3.8, 4) is 0 Å². The maximum Gasteiger partial charge on any atom is 0.0303 e. The first kappa shape index (κ1) is 16.7. The Morgan fingerprint density at radius 1 is 1.32 bits per heavy atom. The van der Waals surface area contributed by atoms with Gasteiger partial charge in [-0.3, -0.25) is 0 Å². The zero-order valence-electron chi connectivity index (χ0n) is 12.8. The van der Waals surface area contributed by atoms with Gasteiger partial charge in [0, 0.05) is 16.1 Å². The summed E-state index contributed by atoms with van der Waals surface area (Å²) >= 11 is 3.55. The third-order valence-electron chi connectivity index (χ3n) is 3.97. The third kappa shape index (κ3) is 4.90. The number of hydrogen-bond acceptors (Lipinski definition) is 2. The summed E-state index contributed by atoms with van der Waals surface area (Å²) in [5.74, 6) is 0. The quantitative estimate of drug-likeness (QED) is 0.821. The third-order valence-corrected chi connectivity index (χ3v) is 4.47. The smallest absolute Gasteiger partial charge is 0.0303 e. The van der Waals surface area contributed by atoms with Gasteiger partial charge in [-0.15, -0.1) is 0 Å². The molecule has 0 amide bonds. The second kappa shape index (κ2) is 7.41. The van der Waals surface area contributed by atoms with Crippen molar-refractivity contribution in [3.05, 3.63) is 34.3 Å². The zero-order valence-corrected chi connectivity index (χ0v) is 14.4. The van der Waals surface area contributed by atoms with Crippen LogP contribution in [0.5, 0.6) is 0 Å². The molecule has 2 nitrogen and oxygen atoms in total. The average molecular weight is 327 g/mol. The number of nitrogens with zero attached hydrogens (tertiary/aromatic N) is 1. The standard InChI is InChI=1S/C16H27BrN2/c1-6-10-18-15(16(2,3)19(4)5)12-13-8-7-9-14(17)11-13/h7-9,11,15,18H,6,10,12H2,1-5H3. The first-order chi connectivity index (χ1) is 8.87. The summed E-state index contributed by atoms with van der Waals surface area (Å²) in [7, 11) is 4.31. The van der Waals surface area contributed by atoms with Crippen molar-refractivity contribution >= 4 is 15.9 Å². The minimum atomic E-state index is 0.123. The summed E-state index contributed by atoms with van der Waals surface area (Å²) < 4.78 is 1.15. The monoisotopic (exact) mass is 326 g/mol. The number of nitrogens with one attached hydrogen (secondary N) is 1. The van der Waals surface area contributed by atoms with Crippen LogP contribution in [0.25, 0.3) is 0 Å². The van der Waals surface area contributed by atoms with Crippen molar-refractivity contribution in [1.29, 1.82) is 0 Å². The van der Waals surface area contributed by atoms with Crippen molar-refractivity contribution in [3.63, 3.8) is 0 Å². The second-order valence-corrected chi connectivity index (χ2v) is 6.80. The largest absolute Gasteiger partial charge is 0.312 e. The molecule has 108 valence electrons. The van der Waals surface area contributed by atoms with Gasteiger partial charge in [-0.1, -0.05) is 35.0 Å². The minimum Gasteiger partial charge on any atom is -0.312 e. The molecule has 0 aliphatic heterocycles.